The molecule has 0 saturated carbocycles. The highest BCUT2D eigenvalue weighted by atomic mass is 19.1. The van der Waals surface area contributed by atoms with E-state index < -0.39 is 0 Å². The number of urea groups is 1. The Morgan fingerprint density at radius 2 is 1.81 bits per heavy atom. The van der Waals surface area contributed by atoms with E-state index in [0.717, 1.165) is 11.1 Å². The Labute approximate surface area is 150 Å². The fourth-order valence-corrected chi connectivity index (χ4v) is 2.60. The maximum absolute atomic E-state index is 13.2. The van der Waals surface area contributed by atoms with E-state index in [1.54, 1.807) is 30.3 Å². The number of benzene rings is 3. The van der Waals surface area contributed by atoms with Crippen molar-refractivity contribution in [1.82, 2.24) is 5.32 Å². The second kappa shape index (κ2) is 7.95. The molecule has 3 aromatic carbocycles. The van der Waals surface area contributed by atoms with Crippen LogP contribution in [-0.2, 0) is 6.54 Å². The molecule has 3 rings (SSSR count). The minimum Gasteiger partial charge on any atom is -0.334 e. The summed E-state index contributed by atoms with van der Waals surface area (Å²) < 4.78 is 13.2. The molecule has 4 nitrogen and oxygen atoms in total. The normalized spacial score (nSPS) is 10.0. The molecule has 3 aromatic rings. The summed E-state index contributed by atoms with van der Waals surface area (Å²) in [6, 6.07) is 22.4. The Balaban J connectivity index is 1.69. The lowest BCUT2D eigenvalue weighted by Crippen LogP contribution is -2.28. The van der Waals surface area contributed by atoms with Crippen LogP contribution in [0.1, 0.15) is 11.1 Å². The minimum atomic E-state index is -0.389. The van der Waals surface area contributed by atoms with E-state index in [-0.39, 0.29) is 18.4 Å². The molecule has 0 saturated heterocycles. The lowest BCUT2D eigenvalue weighted by molar-refractivity contribution is 0.251. The van der Waals surface area contributed by atoms with Crippen molar-refractivity contribution in [2.75, 3.05) is 5.32 Å². The summed E-state index contributed by atoms with van der Waals surface area (Å²) in [6.45, 7) is 0.223. The van der Waals surface area contributed by atoms with Crippen molar-refractivity contribution in [2.45, 2.75) is 6.54 Å². The first-order valence-corrected chi connectivity index (χ1v) is 8.04. The van der Waals surface area contributed by atoms with Crippen molar-refractivity contribution >= 4 is 11.7 Å². The van der Waals surface area contributed by atoms with E-state index >= 15 is 0 Å². The number of nitrogens with one attached hydrogen (secondary N) is 2. The van der Waals surface area contributed by atoms with E-state index in [1.165, 1.54) is 12.1 Å². The fraction of sp³-hybridized carbons (Fsp3) is 0.0476. The Hall–Kier alpha value is -3.65. The molecule has 0 radical (unpaired) electrons. The summed E-state index contributed by atoms with van der Waals surface area (Å²) in [5.41, 5.74) is 3.49. The van der Waals surface area contributed by atoms with Crippen LogP contribution in [0.15, 0.2) is 72.8 Å². The van der Waals surface area contributed by atoms with E-state index in [2.05, 4.69) is 16.7 Å². The molecular formula is C21H16FN3O. The van der Waals surface area contributed by atoms with Crippen LogP contribution in [0.4, 0.5) is 14.9 Å². The van der Waals surface area contributed by atoms with Crippen LogP contribution >= 0.6 is 0 Å². The second-order valence-corrected chi connectivity index (χ2v) is 5.68. The van der Waals surface area contributed by atoms with Crippen molar-refractivity contribution in [1.29, 1.82) is 5.26 Å². The third-order valence-corrected chi connectivity index (χ3v) is 3.82. The number of hydrogen-bond acceptors (Lipinski definition) is 2. The van der Waals surface area contributed by atoms with Gasteiger partial charge in [-0.3, -0.25) is 0 Å². The summed E-state index contributed by atoms with van der Waals surface area (Å²) in [4.78, 5) is 12.1. The summed E-state index contributed by atoms with van der Waals surface area (Å²) in [5, 5.41) is 14.7. The second-order valence-electron chi connectivity index (χ2n) is 5.68. The van der Waals surface area contributed by atoms with Crippen molar-refractivity contribution < 1.29 is 9.18 Å². The number of rotatable bonds is 4. The van der Waals surface area contributed by atoms with Crippen LogP contribution in [0.3, 0.4) is 0 Å². The van der Waals surface area contributed by atoms with Crippen LogP contribution in [0.25, 0.3) is 11.1 Å². The molecule has 128 valence electrons. The first-order chi connectivity index (χ1) is 12.7. The van der Waals surface area contributed by atoms with Gasteiger partial charge in [0.1, 0.15) is 5.82 Å². The highest BCUT2D eigenvalue weighted by molar-refractivity contribution is 5.90. The molecular weight excluding hydrogens is 329 g/mol. The number of nitriles is 1. The van der Waals surface area contributed by atoms with E-state index in [9.17, 15) is 14.4 Å². The summed E-state index contributed by atoms with van der Waals surface area (Å²) >= 11 is 0. The van der Waals surface area contributed by atoms with Gasteiger partial charge in [-0.05, 0) is 47.0 Å². The lowest BCUT2D eigenvalue weighted by atomic mass is 10.00. The van der Waals surface area contributed by atoms with Gasteiger partial charge >= 0.3 is 6.03 Å². The van der Waals surface area contributed by atoms with Crippen molar-refractivity contribution in [2.24, 2.45) is 0 Å². The standard InChI is InChI=1S/C21H16FN3O/c22-18-8-3-5-15(11-18)14-24-21(26)25-19-9-4-7-16(12-19)20-10-2-1-6-17(20)13-23/h1-12H,14H2,(H2,24,25,26). The zero-order valence-electron chi connectivity index (χ0n) is 13.9. The van der Waals surface area contributed by atoms with Gasteiger partial charge in [-0.2, -0.15) is 5.26 Å². The number of halogens is 1. The molecule has 0 spiro atoms. The highest BCUT2D eigenvalue weighted by Crippen LogP contribution is 2.25. The van der Waals surface area contributed by atoms with Crippen molar-refractivity contribution in [3.05, 3.63) is 89.7 Å². The molecule has 2 amide bonds. The molecule has 0 aromatic heterocycles. The first kappa shape index (κ1) is 17.2. The smallest absolute Gasteiger partial charge is 0.319 e. The van der Waals surface area contributed by atoms with Crippen molar-refractivity contribution in [3.8, 4) is 17.2 Å². The van der Waals surface area contributed by atoms with Gasteiger partial charge in [0.25, 0.3) is 0 Å². The van der Waals surface area contributed by atoms with Gasteiger partial charge in [0.15, 0.2) is 0 Å². The Kier molecular flexibility index (Phi) is 5.25. The van der Waals surface area contributed by atoms with Crippen LogP contribution in [-0.4, -0.2) is 6.03 Å². The van der Waals surface area contributed by atoms with Gasteiger partial charge in [-0.25, -0.2) is 9.18 Å². The lowest BCUT2D eigenvalue weighted by Gasteiger charge is -2.10. The Bertz CT molecular complexity index is 979. The fourth-order valence-electron chi connectivity index (χ4n) is 2.60. The number of amides is 2. The molecule has 5 heteroatoms. The average molecular weight is 345 g/mol. The topological polar surface area (TPSA) is 64.9 Å². The summed E-state index contributed by atoms with van der Waals surface area (Å²) in [6.07, 6.45) is 0. The monoisotopic (exact) mass is 345 g/mol. The number of carbonyl (C=O) groups is 1. The molecule has 0 heterocycles. The Morgan fingerprint density at radius 1 is 1.00 bits per heavy atom. The van der Waals surface area contributed by atoms with Crippen LogP contribution < -0.4 is 10.6 Å². The molecule has 0 bridgehead atoms. The molecule has 0 aliphatic carbocycles. The molecule has 0 unspecified atom stereocenters. The van der Waals surface area contributed by atoms with E-state index in [0.29, 0.717) is 16.8 Å². The van der Waals surface area contributed by atoms with Crippen LogP contribution in [0.2, 0.25) is 0 Å². The maximum atomic E-state index is 13.2. The summed E-state index contributed by atoms with van der Waals surface area (Å²) in [5.74, 6) is -0.339. The van der Waals surface area contributed by atoms with Crippen LogP contribution in [0.5, 0.6) is 0 Å². The van der Waals surface area contributed by atoms with E-state index in [1.807, 2.05) is 30.3 Å². The molecule has 2 N–H and O–H groups in total. The molecule has 0 aliphatic rings. The predicted molar refractivity (Wildman–Crippen MR) is 98.9 cm³/mol. The largest absolute Gasteiger partial charge is 0.334 e. The summed E-state index contributed by atoms with van der Waals surface area (Å²) in [7, 11) is 0. The van der Waals surface area contributed by atoms with Gasteiger partial charge < -0.3 is 10.6 Å². The third kappa shape index (κ3) is 4.25. The highest BCUT2D eigenvalue weighted by Gasteiger charge is 2.07. The van der Waals surface area contributed by atoms with Crippen molar-refractivity contribution in [3.63, 3.8) is 0 Å². The Morgan fingerprint density at radius 3 is 2.62 bits per heavy atom. The number of nitrogens with zero attached hydrogens (tertiary/aromatic N) is 1. The van der Waals surface area contributed by atoms with Gasteiger partial charge in [-0.15, -0.1) is 0 Å². The first-order valence-electron chi connectivity index (χ1n) is 8.04. The quantitative estimate of drug-likeness (QED) is 0.721. The third-order valence-electron chi connectivity index (χ3n) is 3.82. The number of hydrogen-bond donors (Lipinski definition) is 2. The van der Waals surface area contributed by atoms with Gasteiger partial charge in [0.2, 0.25) is 0 Å². The SMILES string of the molecule is N#Cc1ccccc1-c1cccc(NC(=O)NCc2cccc(F)c2)c1. The van der Waals surface area contributed by atoms with Gasteiger partial charge in [0, 0.05) is 12.2 Å². The van der Waals surface area contributed by atoms with E-state index in [4.69, 9.17) is 0 Å². The number of anilines is 1. The molecule has 26 heavy (non-hydrogen) atoms. The number of carbonyl (C=O) groups excluding carboxylic acids is 1. The molecule has 0 aliphatic heterocycles. The zero-order valence-corrected chi connectivity index (χ0v) is 13.9. The minimum absolute atomic E-state index is 0.223. The molecule has 0 fully saturated rings. The predicted octanol–water partition coefficient (Wildman–Crippen LogP) is 4.69. The van der Waals surface area contributed by atoms with Crippen LogP contribution in [0, 0.1) is 17.1 Å². The average Bonchev–Trinajstić information content (AvgIpc) is 2.66. The molecule has 0 atom stereocenters. The van der Waals surface area contributed by atoms with Gasteiger partial charge in [-0.1, -0.05) is 42.5 Å². The zero-order chi connectivity index (χ0) is 18.4. The maximum Gasteiger partial charge on any atom is 0.319 e. The van der Waals surface area contributed by atoms with Gasteiger partial charge in [0.05, 0.1) is 11.6 Å².